The highest BCUT2D eigenvalue weighted by Gasteiger charge is 2.19. The van der Waals surface area contributed by atoms with E-state index in [1.807, 2.05) is 49.3 Å². The van der Waals surface area contributed by atoms with E-state index in [1.54, 1.807) is 36.4 Å². The first-order valence-corrected chi connectivity index (χ1v) is 32.4. The van der Waals surface area contributed by atoms with Crippen LogP contribution in [0.4, 0.5) is 5.69 Å². The number of hydrogen-bond donors (Lipinski definition) is 4. The molecule has 0 aliphatic rings. The minimum absolute atomic E-state index is 0.0711. The molecule has 0 spiro atoms. The number of aliphatic carboxylic acids is 1. The van der Waals surface area contributed by atoms with Gasteiger partial charge in [-0.3, -0.25) is 14.4 Å². The molecular weight excluding hydrogens is 1050 g/mol. The van der Waals surface area contributed by atoms with E-state index >= 15 is 0 Å². The summed E-state index contributed by atoms with van der Waals surface area (Å²) >= 11 is 0. The summed E-state index contributed by atoms with van der Waals surface area (Å²) in [6, 6.07) is 21.0. The Labute approximate surface area is 503 Å². The summed E-state index contributed by atoms with van der Waals surface area (Å²) in [4.78, 5) is 58.9. The fourth-order valence-electron chi connectivity index (χ4n) is 9.24. The second kappa shape index (κ2) is 54.7. The number of rotatable bonds is 45. The van der Waals surface area contributed by atoms with Crippen LogP contribution in [-0.2, 0) is 23.9 Å². The number of carbonyl (C=O) groups excluding carboxylic acids is 4. The van der Waals surface area contributed by atoms with Gasteiger partial charge in [0, 0.05) is 44.3 Å². The quantitative estimate of drug-likeness (QED) is 0.0181. The molecule has 0 fully saturated rings. The van der Waals surface area contributed by atoms with Crippen molar-refractivity contribution >= 4 is 35.3 Å². The van der Waals surface area contributed by atoms with Crippen LogP contribution in [0.25, 0.3) is 0 Å². The number of phenolic OH excluding ortho intramolecular Hbond substituents is 1. The number of ether oxygens (including phenoxy) is 3. The van der Waals surface area contributed by atoms with Gasteiger partial charge in [-0.2, -0.15) is 0 Å². The molecule has 2 atom stereocenters. The molecule has 0 amide bonds. The zero-order chi connectivity index (χ0) is 61.6. The predicted molar refractivity (Wildman–Crippen MR) is 340 cm³/mol. The number of esters is 3. The highest BCUT2D eigenvalue weighted by molar-refractivity contribution is 6.10. The molecule has 2 unspecified atom stereocenters. The number of hydrogen-bond acceptors (Lipinski definition) is 12. The highest BCUT2D eigenvalue weighted by Crippen LogP contribution is 2.26. The Bertz CT molecular complexity index is 2040. The summed E-state index contributed by atoms with van der Waals surface area (Å²) in [6.45, 7) is 8.66. The molecule has 3 aromatic carbocycles. The van der Waals surface area contributed by atoms with Crippen molar-refractivity contribution in [3.8, 4) is 11.5 Å². The molecule has 0 radical (unpaired) electrons. The van der Waals surface area contributed by atoms with E-state index in [9.17, 15) is 29.1 Å². The van der Waals surface area contributed by atoms with Crippen molar-refractivity contribution in [3.05, 3.63) is 89.5 Å². The molecule has 0 heterocycles. The normalized spacial score (nSPS) is 11.3. The lowest BCUT2D eigenvalue weighted by molar-refractivity contribution is -0.167. The summed E-state index contributed by atoms with van der Waals surface area (Å²) in [5, 5.41) is 35.8. The van der Waals surface area contributed by atoms with Crippen molar-refractivity contribution < 1.29 is 58.6 Å². The minimum Gasteiger partial charge on any atom is -0.507 e. The second-order valence-corrected chi connectivity index (χ2v) is 22.3. The number of aliphatic hydroxyl groups excluding tert-OH is 2. The fourth-order valence-corrected chi connectivity index (χ4v) is 9.24. The monoisotopic (exact) mass is 1160 g/mol. The first kappa shape index (κ1) is 77.7. The van der Waals surface area contributed by atoms with E-state index in [4.69, 9.17) is 24.8 Å². The maximum Gasteiger partial charge on any atom is 0.345 e. The number of carboxylic acid groups (broad SMARTS) is 1. The van der Waals surface area contributed by atoms with E-state index in [0.29, 0.717) is 42.2 Å². The van der Waals surface area contributed by atoms with Gasteiger partial charge >= 0.3 is 23.9 Å². The van der Waals surface area contributed by atoms with Crippen molar-refractivity contribution in [2.24, 2.45) is 5.92 Å². The van der Waals surface area contributed by atoms with Gasteiger partial charge in [-0.25, -0.2) is 9.59 Å². The lowest BCUT2D eigenvalue weighted by atomic mass is 10.0. The standard InChI is InChI=1S/C21H40O5.C18H36O2.C17H27NO2.C14H12O3/c1-2-3-4-5-6-7-8-9-10-11-12-13-14-15-16-17-20(24)26-21(25)19(23)18-22;1-2-3-4-5-6-7-8-9-10-11-12-13-14-15-16-17-18(19)20;1-5-7-8-14(6-2)13-20-17(19)15-9-11-16(12-10-15)18(3)4;1-17-11-7-8-12(13(15)9-11)14(16)10-5-3-2-4-6-10/h19,22-23H,2-18H2,1H3;2-17H2,1H3,(H,19,20);9-12,14H,5-8,13H2,1-4H3;2-9,15H,1H3. The molecule has 0 aromatic heterocycles. The zero-order valence-electron chi connectivity index (χ0n) is 53.0. The van der Waals surface area contributed by atoms with Gasteiger partial charge in [0.1, 0.15) is 11.5 Å². The van der Waals surface area contributed by atoms with Crippen LogP contribution in [-0.4, -0.2) is 90.6 Å². The third kappa shape index (κ3) is 44.0. The van der Waals surface area contributed by atoms with Crippen molar-refractivity contribution in [1.82, 2.24) is 0 Å². The minimum atomic E-state index is -1.62. The summed E-state index contributed by atoms with van der Waals surface area (Å²) in [6.07, 6.45) is 42.2. The van der Waals surface area contributed by atoms with E-state index < -0.39 is 30.6 Å². The third-order valence-electron chi connectivity index (χ3n) is 14.7. The van der Waals surface area contributed by atoms with Gasteiger partial charge in [0.2, 0.25) is 0 Å². The van der Waals surface area contributed by atoms with Crippen molar-refractivity contribution in [3.63, 3.8) is 0 Å². The Morgan fingerprint density at radius 1 is 0.530 bits per heavy atom. The first-order valence-electron chi connectivity index (χ1n) is 32.4. The molecule has 3 aromatic rings. The number of methoxy groups -OCH3 is 1. The van der Waals surface area contributed by atoms with Crippen LogP contribution in [0.3, 0.4) is 0 Å². The number of aromatic hydroxyl groups is 1. The largest absolute Gasteiger partial charge is 0.507 e. The zero-order valence-corrected chi connectivity index (χ0v) is 53.0. The molecular formula is C70H115NO12. The maximum atomic E-state index is 12.1. The first-order chi connectivity index (χ1) is 40.2. The Morgan fingerprint density at radius 3 is 1.35 bits per heavy atom. The second-order valence-electron chi connectivity index (χ2n) is 22.3. The van der Waals surface area contributed by atoms with Crippen LogP contribution in [0.15, 0.2) is 72.8 Å². The SMILES string of the molecule is CCCCC(CC)COC(=O)c1ccc(N(C)C)cc1.CCCCCCCCCCCCCCCCCC(=O)O.CCCCCCCCCCCCCCCCCC(=O)OC(=O)C(O)CO.COc1ccc(C(=O)c2ccccc2)c(O)c1. The lowest BCUT2D eigenvalue weighted by Crippen LogP contribution is -2.28. The Balaban J connectivity index is 0.00000109. The number of nitrogens with zero attached hydrogens (tertiary/aromatic N) is 1. The fraction of sp³-hybridized carbons (Fsp3) is 0.671. The summed E-state index contributed by atoms with van der Waals surface area (Å²) in [7, 11) is 5.47. The molecule has 0 aliphatic carbocycles. The number of unbranched alkanes of at least 4 members (excludes halogenated alkanes) is 29. The van der Waals surface area contributed by atoms with Crippen LogP contribution in [0.5, 0.6) is 11.5 Å². The predicted octanol–water partition coefficient (Wildman–Crippen LogP) is 17.8. The summed E-state index contributed by atoms with van der Waals surface area (Å²) in [5.74, 6) is -1.84. The molecule has 0 aliphatic heterocycles. The average Bonchev–Trinajstić information content (AvgIpc) is 3.60. The molecule has 0 bridgehead atoms. The lowest BCUT2D eigenvalue weighted by Gasteiger charge is -2.15. The van der Waals surface area contributed by atoms with Crippen molar-refractivity contribution in [2.45, 2.75) is 265 Å². The van der Waals surface area contributed by atoms with Gasteiger partial charge in [-0.05, 0) is 61.6 Å². The summed E-state index contributed by atoms with van der Waals surface area (Å²) in [5.41, 5.74) is 2.53. The molecule has 472 valence electrons. The topological polar surface area (TPSA) is 197 Å². The van der Waals surface area contributed by atoms with Crippen molar-refractivity contribution in [2.75, 3.05) is 39.3 Å². The van der Waals surface area contributed by atoms with Gasteiger partial charge in [-0.1, -0.05) is 257 Å². The van der Waals surface area contributed by atoms with E-state index in [-0.39, 0.29) is 29.5 Å². The summed E-state index contributed by atoms with van der Waals surface area (Å²) < 4.78 is 14.8. The Morgan fingerprint density at radius 2 is 0.964 bits per heavy atom. The smallest absolute Gasteiger partial charge is 0.345 e. The van der Waals surface area contributed by atoms with Gasteiger partial charge in [0.05, 0.1) is 31.5 Å². The molecule has 13 nitrogen and oxygen atoms in total. The highest BCUT2D eigenvalue weighted by atomic mass is 16.6. The number of aliphatic hydroxyl groups is 2. The van der Waals surface area contributed by atoms with Crippen LogP contribution in [0, 0.1) is 5.92 Å². The molecule has 0 saturated carbocycles. The Hall–Kier alpha value is -5.27. The van der Waals surface area contributed by atoms with Crippen LogP contribution in [0.2, 0.25) is 0 Å². The molecule has 13 heteroatoms. The maximum absolute atomic E-state index is 12.1. The molecule has 4 N–H and O–H groups in total. The van der Waals surface area contributed by atoms with Crippen LogP contribution in [0.1, 0.15) is 285 Å². The van der Waals surface area contributed by atoms with Gasteiger partial charge < -0.3 is 39.5 Å². The molecule has 0 saturated heterocycles. The Kier molecular flexibility index (Phi) is 51.2. The molecule has 3 rings (SSSR count). The van der Waals surface area contributed by atoms with E-state index in [2.05, 4.69) is 32.4 Å². The van der Waals surface area contributed by atoms with Gasteiger partial charge in [-0.15, -0.1) is 0 Å². The number of carboxylic acids is 1. The third-order valence-corrected chi connectivity index (χ3v) is 14.7. The van der Waals surface area contributed by atoms with Crippen LogP contribution < -0.4 is 9.64 Å². The number of phenols is 1. The van der Waals surface area contributed by atoms with Crippen LogP contribution >= 0.6 is 0 Å². The van der Waals surface area contributed by atoms with Gasteiger partial charge in [0.15, 0.2) is 11.9 Å². The number of benzene rings is 3. The van der Waals surface area contributed by atoms with Gasteiger partial charge in [0.25, 0.3) is 0 Å². The van der Waals surface area contributed by atoms with E-state index in [1.165, 1.54) is 187 Å². The average molecular weight is 1160 g/mol. The number of anilines is 1. The van der Waals surface area contributed by atoms with E-state index in [0.717, 1.165) is 44.2 Å². The van der Waals surface area contributed by atoms with Crippen molar-refractivity contribution in [1.29, 1.82) is 0 Å². The molecule has 83 heavy (non-hydrogen) atoms. The number of ketones is 1. The number of carbonyl (C=O) groups is 5.